The zero-order valence-electron chi connectivity index (χ0n) is 16.9. The summed E-state index contributed by atoms with van der Waals surface area (Å²) in [6.45, 7) is 8.16. The smallest absolute Gasteiger partial charge is 0.335 e. The van der Waals surface area contributed by atoms with Crippen LogP contribution < -0.4 is 11.0 Å². The van der Waals surface area contributed by atoms with Gasteiger partial charge in [-0.1, -0.05) is 57.6 Å². The number of carbonyl (C=O) groups excluding carboxylic acids is 1. The fourth-order valence-corrected chi connectivity index (χ4v) is 3.75. The fraction of sp³-hybridized carbons (Fsp3) is 0.619. The molecule has 2 rings (SSSR count). The van der Waals surface area contributed by atoms with E-state index in [4.69, 9.17) is 11.6 Å². The number of halogens is 1. The number of unbranched alkanes of at least 4 members (excludes halogenated alkanes) is 3. The molecule has 1 amide bonds. The van der Waals surface area contributed by atoms with Crippen LogP contribution in [0.5, 0.6) is 0 Å². The van der Waals surface area contributed by atoms with Crippen LogP contribution in [0.15, 0.2) is 23.0 Å². The van der Waals surface area contributed by atoms with Gasteiger partial charge in [0.05, 0.1) is 11.0 Å². The predicted molar refractivity (Wildman–Crippen MR) is 113 cm³/mol. The average Bonchev–Trinajstić information content (AvgIpc) is 2.89. The maximum absolute atomic E-state index is 13.0. The van der Waals surface area contributed by atoms with Gasteiger partial charge in [0.2, 0.25) is 0 Å². The molecule has 150 valence electrons. The Bertz CT molecular complexity index is 823. The van der Waals surface area contributed by atoms with E-state index in [1.807, 2.05) is 13.8 Å². The number of carbonyl (C=O) groups is 1. The number of rotatable bonds is 9. The van der Waals surface area contributed by atoms with E-state index in [2.05, 4.69) is 19.2 Å². The highest BCUT2D eigenvalue weighted by atomic mass is 35.5. The molecular weight excluding hydrogens is 362 g/mol. The van der Waals surface area contributed by atoms with Crippen LogP contribution in [0.25, 0.3) is 11.0 Å². The average molecular weight is 394 g/mol. The number of aromatic nitrogens is 2. The minimum Gasteiger partial charge on any atom is -0.335 e. The van der Waals surface area contributed by atoms with Crippen LogP contribution in [-0.4, -0.2) is 21.2 Å². The Morgan fingerprint density at radius 3 is 2.44 bits per heavy atom. The molecule has 0 fully saturated rings. The predicted octanol–water partition coefficient (Wildman–Crippen LogP) is 5.73. The van der Waals surface area contributed by atoms with E-state index < -0.39 is 0 Å². The third-order valence-electron chi connectivity index (χ3n) is 4.93. The van der Waals surface area contributed by atoms with Crippen LogP contribution in [0.4, 0.5) is 4.79 Å². The molecule has 1 aromatic carbocycles. The standard InChI is InChI=1S/C21H32ClN3O2/c1-5-7-8-9-11-17(10-6-2)23-20(26)25-18-13-12-16(22)14-19(18)24(15(3)4)21(25)27/h12-15,17H,5-11H2,1-4H3,(H,23,26). The van der Waals surface area contributed by atoms with Crippen molar-refractivity contribution in [2.75, 3.05) is 0 Å². The third kappa shape index (κ3) is 5.16. The van der Waals surface area contributed by atoms with Gasteiger partial charge in [-0.25, -0.2) is 14.2 Å². The summed E-state index contributed by atoms with van der Waals surface area (Å²) in [5, 5.41) is 3.64. The normalized spacial score (nSPS) is 12.7. The number of hydrogen-bond donors (Lipinski definition) is 1. The molecular formula is C21H32ClN3O2. The second-order valence-corrected chi connectivity index (χ2v) is 7.94. The zero-order valence-corrected chi connectivity index (χ0v) is 17.7. The number of nitrogens with zero attached hydrogens (tertiary/aromatic N) is 2. The third-order valence-corrected chi connectivity index (χ3v) is 5.16. The highest BCUT2D eigenvalue weighted by Crippen LogP contribution is 2.21. The molecule has 0 saturated carbocycles. The number of imidazole rings is 1. The van der Waals surface area contributed by atoms with Gasteiger partial charge in [0.25, 0.3) is 0 Å². The van der Waals surface area contributed by atoms with Gasteiger partial charge in [0, 0.05) is 17.1 Å². The molecule has 1 heterocycles. The number of fused-ring (bicyclic) bond motifs is 1. The van der Waals surface area contributed by atoms with Crippen LogP contribution in [0, 0.1) is 0 Å². The molecule has 6 heteroatoms. The molecule has 0 bridgehead atoms. The first-order chi connectivity index (χ1) is 12.9. The van der Waals surface area contributed by atoms with E-state index in [1.54, 1.807) is 22.8 Å². The summed E-state index contributed by atoms with van der Waals surface area (Å²) in [6, 6.07) is 4.89. The first kappa shape index (κ1) is 21.5. The monoisotopic (exact) mass is 393 g/mol. The molecule has 0 spiro atoms. The molecule has 1 N–H and O–H groups in total. The topological polar surface area (TPSA) is 56.0 Å². The summed E-state index contributed by atoms with van der Waals surface area (Å²) < 4.78 is 2.87. The molecule has 0 saturated heterocycles. The van der Waals surface area contributed by atoms with Crippen LogP contribution in [0.2, 0.25) is 5.02 Å². The zero-order chi connectivity index (χ0) is 20.0. The Morgan fingerprint density at radius 2 is 1.81 bits per heavy atom. The van der Waals surface area contributed by atoms with E-state index in [9.17, 15) is 9.59 Å². The fourth-order valence-electron chi connectivity index (χ4n) is 3.58. The molecule has 2 aromatic rings. The van der Waals surface area contributed by atoms with Crippen LogP contribution in [0.3, 0.4) is 0 Å². The molecule has 0 aliphatic carbocycles. The van der Waals surface area contributed by atoms with Gasteiger partial charge in [-0.2, -0.15) is 0 Å². The van der Waals surface area contributed by atoms with Crippen molar-refractivity contribution in [3.05, 3.63) is 33.7 Å². The van der Waals surface area contributed by atoms with Crippen molar-refractivity contribution in [1.29, 1.82) is 0 Å². The molecule has 0 radical (unpaired) electrons. The molecule has 1 unspecified atom stereocenters. The number of benzene rings is 1. The first-order valence-corrected chi connectivity index (χ1v) is 10.5. The molecule has 0 aliphatic rings. The van der Waals surface area contributed by atoms with E-state index in [-0.39, 0.29) is 23.8 Å². The minimum absolute atomic E-state index is 0.0620. The van der Waals surface area contributed by atoms with Gasteiger partial charge >= 0.3 is 11.7 Å². The molecule has 1 aromatic heterocycles. The second kappa shape index (κ2) is 9.98. The van der Waals surface area contributed by atoms with Crippen molar-refractivity contribution < 1.29 is 4.79 Å². The van der Waals surface area contributed by atoms with E-state index in [0.29, 0.717) is 16.1 Å². The minimum atomic E-state index is -0.347. The number of amides is 1. The highest BCUT2D eigenvalue weighted by Gasteiger charge is 2.22. The molecule has 1 atom stereocenters. The Morgan fingerprint density at radius 1 is 1.07 bits per heavy atom. The SMILES string of the molecule is CCCCCCC(CCC)NC(=O)n1c(=O)n(C(C)C)c2cc(Cl)ccc21. The van der Waals surface area contributed by atoms with Gasteiger partial charge in [0.1, 0.15) is 0 Å². The molecule has 0 aliphatic heterocycles. The second-order valence-electron chi connectivity index (χ2n) is 7.50. The quantitative estimate of drug-likeness (QED) is 0.552. The Balaban J connectivity index is 2.30. The summed E-state index contributed by atoms with van der Waals surface area (Å²) >= 11 is 6.12. The van der Waals surface area contributed by atoms with Crippen molar-refractivity contribution in [2.24, 2.45) is 0 Å². The van der Waals surface area contributed by atoms with E-state index in [1.165, 1.54) is 23.8 Å². The lowest BCUT2D eigenvalue weighted by Crippen LogP contribution is -2.42. The largest absolute Gasteiger partial charge is 0.337 e. The van der Waals surface area contributed by atoms with Gasteiger partial charge in [-0.3, -0.25) is 4.57 Å². The Kier molecular flexibility index (Phi) is 7.96. The molecule has 5 nitrogen and oxygen atoms in total. The van der Waals surface area contributed by atoms with Crippen molar-refractivity contribution in [2.45, 2.75) is 84.7 Å². The van der Waals surface area contributed by atoms with Crippen molar-refractivity contribution in [1.82, 2.24) is 14.5 Å². The van der Waals surface area contributed by atoms with Crippen LogP contribution in [0.1, 0.15) is 78.7 Å². The van der Waals surface area contributed by atoms with Crippen molar-refractivity contribution in [3.63, 3.8) is 0 Å². The van der Waals surface area contributed by atoms with Crippen molar-refractivity contribution >= 4 is 28.7 Å². The van der Waals surface area contributed by atoms with Crippen molar-refractivity contribution in [3.8, 4) is 0 Å². The summed E-state index contributed by atoms with van der Waals surface area (Å²) in [5.41, 5.74) is 0.963. The Hall–Kier alpha value is -1.75. The lowest BCUT2D eigenvalue weighted by atomic mass is 10.0. The summed E-state index contributed by atoms with van der Waals surface area (Å²) in [4.78, 5) is 25.9. The van der Waals surface area contributed by atoms with Crippen LogP contribution >= 0.6 is 11.6 Å². The summed E-state index contributed by atoms with van der Waals surface area (Å²) in [5.74, 6) is 0. The number of hydrogen-bond acceptors (Lipinski definition) is 2. The highest BCUT2D eigenvalue weighted by molar-refractivity contribution is 6.31. The van der Waals surface area contributed by atoms with E-state index >= 15 is 0 Å². The van der Waals surface area contributed by atoms with Gasteiger partial charge < -0.3 is 5.32 Å². The summed E-state index contributed by atoms with van der Waals surface area (Å²) in [6.07, 6.45) is 7.54. The number of nitrogens with one attached hydrogen (secondary N) is 1. The Labute approximate surface area is 166 Å². The first-order valence-electron chi connectivity index (χ1n) is 10.1. The van der Waals surface area contributed by atoms with Gasteiger partial charge in [-0.15, -0.1) is 0 Å². The van der Waals surface area contributed by atoms with Crippen LogP contribution in [-0.2, 0) is 0 Å². The van der Waals surface area contributed by atoms with E-state index in [0.717, 1.165) is 25.7 Å². The summed E-state index contributed by atoms with van der Waals surface area (Å²) in [7, 11) is 0. The maximum atomic E-state index is 13.0. The van der Waals surface area contributed by atoms with Gasteiger partial charge in [-0.05, 0) is 44.9 Å². The van der Waals surface area contributed by atoms with Gasteiger partial charge in [0.15, 0.2) is 0 Å². The maximum Gasteiger partial charge on any atom is 0.337 e. The lowest BCUT2D eigenvalue weighted by Gasteiger charge is -2.18. The lowest BCUT2D eigenvalue weighted by molar-refractivity contribution is 0.236. The molecule has 27 heavy (non-hydrogen) atoms.